The number of alkyl halides is 3. The Hall–Kier alpha value is -3.91. The number of carboxylic acid groups (broad SMARTS) is 1. The zero-order valence-electron chi connectivity index (χ0n) is 22.9. The first kappa shape index (κ1) is 31.0. The number of rotatable bonds is 10. The second kappa shape index (κ2) is 14.8. The standard InChI is InChI=1S/C32H30F3NO5S/c1-23-21-27(10-13-30(23)41-22-31(37)38)40-18-14-29(26-8-11-28(12-9-26)42-32(33,34)35)25-6-4-24(5-7-25)3-2-15-36-16-19-39-20-17-36/h4-14,21H,15-20,22H2,1H3,(H,37,38). The first-order valence-electron chi connectivity index (χ1n) is 13.2. The van der Waals surface area contributed by atoms with Gasteiger partial charge in [-0.2, -0.15) is 13.2 Å². The molecule has 0 bridgehead atoms. The fourth-order valence-electron chi connectivity index (χ4n) is 4.22. The Balaban J connectivity index is 1.50. The molecule has 0 aliphatic carbocycles. The van der Waals surface area contributed by atoms with Crippen molar-refractivity contribution in [2.24, 2.45) is 0 Å². The largest absolute Gasteiger partial charge is 0.489 e. The number of carbonyl (C=O) groups is 1. The van der Waals surface area contributed by atoms with Gasteiger partial charge in [0.2, 0.25) is 0 Å². The van der Waals surface area contributed by atoms with Gasteiger partial charge in [-0.15, -0.1) is 0 Å². The molecule has 6 nitrogen and oxygen atoms in total. The molecule has 1 aliphatic rings. The Kier molecular flexibility index (Phi) is 11.0. The average Bonchev–Trinajstić information content (AvgIpc) is 2.96. The van der Waals surface area contributed by atoms with Gasteiger partial charge in [0.1, 0.15) is 18.1 Å². The van der Waals surface area contributed by atoms with Gasteiger partial charge in [0.25, 0.3) is 0 Å². The lowest BCUT2D eigenvalue weighted by Gasteiger charge is -2.24. The maximum atomic E-state index is 12.8. The summed E-state index contributed by atoms with van der Waals surface area (Å²) >= 11 is -0.153. The molecule has 3 aromatic carbocycles. The number of aryl methyl sites for hydroxylation is 1. The van der Waals surface area contributed by atoms with Gasteiger partial charge in [-0.1, -0.05) is 36.1 Å². The summed E-state index contributed by atoms with van der Waals surface area (Å²) in [5.41, 5.74) is -0.378. The van der Waals surface area contributed by atoms with Crippen LogP contribution in [0.2, 0.25) is 0 Å². The van der Waals surface area contributed by atoms with E-state index in [0.717, 1.165) is 54.1 Å². The van der Waals surface area contributed by atoms with E-state index in [9.17, 15) is 18.0 Å². The molecule has 1 heterocycles. The van der Waals surface area contributed by atoms with Gasteiger partial charge in [0.15, 0.2) is 6.61 Å². The van der Waals surface area contributed by atoms with Crippen LogP contribution >= 0.6 is 11.8 Å². The molecule has 4 rings (SSSR count). The molecule has 0 unspecified atom stereocenters. The summed E-state index contributed by atoms with van der Waals surface area (Å²) in [6.07, 6.45) is 1.87. The highest BCUT2D eigenvalue weighted by Crippen LogP contribution is 2.37. The molecule has 1 aliphatic heterocycles. The number of thioether (sulfide) groups is 1. The lowest BCUT2D eigenvalue weighted by atomic mass is 9.97. The van der Waals surface area contributed by atoms with Crippen molar-refractivity contribution >= 4 is 23.3 Å². The monoisotopic (exact) mass is 597 g/mol. The van der Waals surface area contributed by atoms with Crippen LogP contribution in [0.15, 0.2) is 77.7 Å². The molecule has 0 amide bonds. The van der Waals surface area contributed by atoms with E-state index < -0.39 is 18.1 Å². The van der Waals surface area contributed by atoms with Gasteiger partial charge < -0.3 is 19.3 Å². The van der Waals surface area contributed by atoms with E-state index in [-0.39, 0.29) is 23.3 Å². The normalized spacial score (nSPS) is 14.1. The number of aliphatic carboxylic acids is 1. The van der Waals surface area contributed by atoms with Crippen LogP contribution in [0.5, 0.6) is 11.5 Å². The first-order chi connectivity index (χ1) is 20.2. The molecule has 1 N–H and O–H groups in total. The zero-order chi connectivity index (χ0) is 30.0. The Labute approximate surface area is 247 Å². The summed E-state index contributed by atoms with van der Waals surface area (Å²) in [6, 6.07) is 19.0. The number of ether oxygens (including phenoxy) is 3. The third-order valence-electron chi connectivity index (χ3n) is 6.27. The number of nitrogens with zero attached hydrogens (tertiary/aromatic N) is 1. The predicted octanol–water partition coefficient (Wildman–Crippen LogP) is 6.26. The summed E-state index contributed by atoms with van der Waals surface area (Å²) < 4.78 is 55.1. The van der Waals surface area contributed by atoms with E-state index >= 15 is 0 Å². The number of carboxylic acids is 1. The molecule has 0 aromatic heterocycles. The fraction of sp³-hybridized carbons (Fsp3) is 0.281. The molecule has 3 aromatic rings. The van der Waals surface area contributed by atoms with Crippen molar-refractivity contribution in [3.8, 4) is 23.3 Å². The van der Waals surface area contributed by atoms with Crippen LogP contribution in [0.3, 0.4) is 0 Å². The third kappa shape index (κ3) is 9.87. The van der Waals surface area contributed by atoms with Crippen molar-refractivity contribution in [3.63, 3.8) is 0 Å². The molecule has 1 fully saturated rings. The van der Waals surface area contributed by atoms with E-state index in [1.807, 2.05) is 30.3 Å². The summed E-state index contributed by atoms with van der Waals surface area (Å²) in [4.78, 5) is 13.1. The Morgan fingerprint density at radius 3 is 2.31 bits per heavy atom. The lowest BCUT2D eigenvalue weighted by molar-refractivity contribution is -0.139. The minimum atomic E-state index is -4.36. The van der Waals surface area contributed by atoms with Gasteiger partial charge in [0, 0.05) is 23.5 Å². The second-order valence-corrected chi connectivity index (χ2v) is 10.5. The number of benzene rings is 3. The highest BCUT2D eigenvalue weighted by atomic mass is 32.2. The van der Waals surface area contributed by atoms with E-state index in [1.165, 1.54) is 12.1 Å². The maximum absolute atomic E-state index is 12.8. The van der Waals surface area contributed by atoms with Crippen LogP contribution < -0.4 is 9.47 Å². The van der Waals surface area contributed by atoms with Gasteiger partial charge in [0.05, 0.1) is 19.8 Å². The van der Waals surface area contributed by atoms with Crippen LogP contribution in [-0.4, -0.2) is 67.5 Å². The maximum Gasteiger partial charge on any atom is 0.446 e. The molecular formula is C32H30F3NO5S. The van der Waals surface area contributed by atoms with Crippen molar-refractivity contribution in [3.05, 3.63) is 95.1 Å². The lowest BCUT2D eigenvalue weighted by Crippen LogP contribution is -2.36. The molecule has 0 spiro atoms. The summed E-state index contributed by atoms with van der Waals surface area (Å²) in [7, 11) is 0. The van der Waals surface area contributed by atoms with Crippen molar-refractivity contribution in [1.29, 1.82) is 0 Å². The number of hydrogen-bond donors (Lipinski definition) is 1. The number of morpholine rings is 1. The van der Waals surface area contributed by atoms with Crippen LogP contribution in [0.4, 0.5) is 13.2 Å². The minimum absolute atomic E-state index is 0.105. The summed E-state index contributed by atoms with van der Waals surface area (Å²) in [5.74, 6) is 6.34. The molecule has 10 heteroatoms. The summed E-state index contributed by atoms with van der Waals surface area (Å²) in [5, 5.41) is 8.82. The van der Waals surface area contributed by atoms with Crippen molar-refractivity contribution in [1.82, 2.24) is 4.90 Å². The average molecular weight is 598 g/mol. The molecule has 0 atom stereocenters. The fourth-order valence-corrected chi connectivity index (χ4v) is 4.76. The highest BCUT2D eigenvalue weighted by molar-refractivity contribution is 8.00. The molecular weight excluding hydrogens is 567 g/mol. The van der Waals surface area contributed by atoms with E-state index in [4.69, 9.17) is 19.3 Å². The van der Waals surface area contributed by atoms with Gasteiger partial charge in [-0.3, -0.25) is 4.90 Å². The number of halogens is 3. The smallest absolute Gasteiger partial charge is 0.446 e. The molecule has 42 heavy (non-hydrogen) atoms. The van der Waals surface area contributed by atoms with Gasteiger partial charge in [-0.25, -0.2) is 4.79 Å². The topological polar surface area (TPSA) is 68.2 Å². The summed E-state index contributed by atoms with van der Waals surface area (Å²) in [6.45, 7) is 5.38. The number of hydrogen-bond acceptors (Lipinski definition) is 6. The van der Waals surface area contributed by atoms with Gasteiger partial charge >= 0.3 is 11.5 Å². The van der Waals surface area contributed by atoms with Gasteiger partial charge in [-0.05, 0) is 89.5 Å². The van der Waals surface area contributed by atoms with Crippen LogP contribution in [0, 0.1) is 18.8 Å². The van der Waals surface area contributed by atoms with Crippen molar-refractivity contribution in [2.75, 3.05) is 46.1 Å². The van der Waals surface area contributed by atoms with E-state index in [1.54, 1.807) is 37.3 Å². The first-order valence-corrected chi connectivity index (χ1v) is 14.0. The quantitative estimate of drug-likeness (QED) is 0.219. The molecule has 0 radical (unpaired) electrons. The van der Waals surface area contributed by atoms with Crippen LogP contribution in [0.25, 0.3) is 5.57 Å². The predicted molar refractivity (Wildman–Crippen MR) is 156 cm³/mol. The molecule has 220 valence electrons. The van der Waals surface area contributed by atoms with Crippen molar-refractivity contribution in [2.45, 2.75) is 17.3 Å². The Morgan fingerprint density at radius 1 is 1.02 bits per heavy atom. The minimum Gasteiger partial charge on any atom is -0.489 e. The van der Waals surface area contributed by atoms with E-state index in [2.05, 4.69) is 16.7 Å². The molecule has 0 saturated carbocycles. The van der Waals surface area contributed by atoms with Crippen LogP contribution in [0.1, 0.15) is 22.3 Å². The Morgan fingerprint density at radius 2 is 1.69 bits per heavy atom. The third-order valence-corrected chi connectivity index (χ3v) is 7.01. The highest BCUT2D eigenvalue weighted by Gasteiger charge is 2.29. The molecule has 1 saturated heterocycles. The van der Waals surface area contributed by atoms with Crippen molar-refractivity contribution < 1.29 is 37.3 Å². The van der Waals surface area contributed by atoms with Crippen LogP contribution in [-0.2, 0) is 9.53 Å². The zero-order valence-corrected chi connectivity index (χ0v) is 23.8. The second-order valence-electron chi connectivity index (χ2n) is 9.38. The van der Waals surface area contributed by atoms with E-state index in [0.29, 0.717) is 18.0 Å². The Bertz CT molecular complexity index is 1440. The SMILES string of the molecule is Cc1cc(OCC=C(c2ccc(C#CCN3CCOCC3)cc2)c2ccc(SC(F)(F)F)cc2)ccc1OCC(=O)O.